The molecule has 2 rings (SSSR count). The summed E-state index contributed by atoms with van der Waals surface area (Å²) in [6.07, 6.45) is 1.69. The molecular weight excluding hydrogens is 214 g/mol. The Hall–Kier alpha value is -1.74. The molecule has 0 saturated heterocycles. The van der Waals surface area contributed by atoms with Crippen LogP contribution in [0.3, 0.4) is 0 Å². The minimum atomic E-state index is 0.0551. The molecule has 0 amide bonds. The maximum atomic E-state index is 5.44. The van der Waals surface area contributed by atoms with Crippen LogP contribution in [-0.4, -0.2) is 14.2 Å². The molecule has 3 nitrogen and oxygen atoms in total. The molecule has 2 aromatic rings. The highest BCUT2D eigenvalue weighted by Gasteiger charge is 2.15. The molecule has 0 radical (unpaired) electrons. The lowest BCUT2D eigenvalue weighted by Crippen LogP contribution is -2.17. The summed E-state index contributed by atoms with van der Waals surface area (Å²) in [5.74, 6) is 1.80. The summed E-state index contributed by atoms with van der Waals surface area (Å²) in [5.41, 5.74) is 2.26. The number of furan rings is 1. The van der Waals surface area contributed by atoms with Crippen LogP contribution in [0.4, 0.5) is 0 Å². The second-order valence-electron chi connectivity index (χ2n) is 3.97. The highest BCUT2D eigenvalue weighted by Crippen LogP contribution is 2.27. The lowest BCUT2D eigenvalue weighted by molar-refractivity contribution is 0.409. The van der Waals surface area contributed by atoms with Crippen LogP contribution in [0, 0.1) is 6.92 Å². The van der Waals surface area contributed by atoms with Crippen molar-refractivity contribution >= 4 is 0 Å². The average Bonchev–Trinajstić information content (AvgIpc) is 2.86. The first-order valence-corrected chi connectivity index (χ1v) is 5.61. The Morgan fingerprint density at radius 1 is 1.29 bits per heavy atom. The SMILES string of the molecule is CNC(c1ccc(C)c(OC)c1)c1ccco1. The highest BCUT2D eigenvalue weighted by atomic mass is 16.5. The van der Waals surface area contributed by atoms with Gasteiger partial charge < -0.3 is 14.5 Å². The van der Waals surface area contributed by atoms with Crippen molar-refractivity contribution in [3.63, 3.8) is 0 Å². The van der Waals surface area contributed by atoms with Gasteiger partial charge >= 0.3 is 0 Å². The van der Waals surface area contributed by atoms with Crippen molar-refractivity contribution in [3.8, 4) is 5.75 Å². The van der Waals surface area contributed by atoms with Gasteiger partial charge in [0.25, 0.3) is 0 Å². The van der Waals surface area contributed by atoms with Crippen molar-refractivity contribution in [1.29, 1.82) is 0 Å². The van der Waals surface area contributed by atoms with Gasteiger partial charge in [-0.15, -0.1) is 0 Å². The van der Waals surface area contributed by atoms with Crippen molar-refractivity contribution in [2.45, 2.75) is 13.0 Å². The van der Waals surface area contributed by atoms with E-state index in [2.05, 4.69) is 17.4 Å². The first-order valence-electron chi connectivity index (χ1n) is 5.61. The maximum absolute atomic E-state index is 5.44. The Balaban J connectivity index is 2.38. The van der Waals surface area contributed by atoms with E-state index in [-0.39, 0.29) is 6.04 Å². The van der Waals surface area contributed by atoms with E-state index in [1.54, 1.807) is 13.4 Å². The Kier molecular flexibility index (Phi) is 3.49. The first kappa shape index (κ1) is 11.7. The van der Waals surface area contributed by atoms with Crippen LogP contribution in [0.1, 0.15) is 22.9 Å². The second-order valence-corrected chi connectivity index (χ2v) is 3.97. The molecule has 1 atom stereocenters. The molecule has 1 aromatic carbocycles. The molecule has 0 spiro atoms. The zero-order valence-electron chi connectivity index (χ0n) is 10.4. The van der Waals surface area contributed by atoms with Crippen LogP contribution in [0.15, 0.2) is 41.0 Å². The molecule has 90 valence electrons. The average molecular weight is 231 g/mol. The van der Waals surface area contributed by atoms with Crippen molar-refractivity contribution in [3.05, 3.63) is 53.5 Å². The standard InChI is InChI=1S/C14H17NO2/c1-10-6-7-11(9-13(10)16-3)14(15-2)12-5-4-8-17-12/h4-9,14-15H,1-3H3. The molecule has 0 saturated carbocycles. The molecule has 1 aromatic heterocycles. The molecular formula is C14H17NO2. The fraction of sp³-hybridized carbons (Fsp3) is 0.286. The van der Waals surface area contributed by atoms with Gasteiger partial charge in [0.1, 0.15) is 11.5 Å². The lowest BCUT2D eigenvalue weighted by atomic mass is 10.0. The third kappa shape index (κ3) is 2.34. The summed E-state index contributed by atoms with van der Waals surface area (Å²) in [5, 5.41) is 3.24. The fourth-order valence-electron chi connectivity index (χ4n) is 1.94. The number of rotatable bonds is 4. The van der Waals surface area contributed by atoms with Crippen molar-refractivity contribution < 1.29 is 9.15 Å². The molecule has 0 fully saturated rings. The van der Waals surface area contributed by atoms with Crippen molar-refractivity contribution in [1.82, 2.24) is 5.32 Å². The molecule has 0 aliphatic heterocycles. The second kappa shape index (κ2) is 5.06. The zero-order chi connectivity index (χ0) is 12.3. The quantitative estimate of drug-likeness (QED) is 0.878. The molecule has 1 heterocycles. The van der Waals surface area contributed by atoms with E-state index >= 15 is 0 Å². The zero-order valence-corrected chi connectivity index (χ0v) is 10.4. The molecule has 17 heavy (non-hydrogen) atoms. The Morgan fingerprint density at radius 3 is 2.71 bits per heavy atom. The lowest BCUT2D eigenvalue weighted by Gasteiger charge is -2.16. The normalized spacial score (nSPS) is 12.4. The van der Waals surface area contributed by atoms with E-state index < -0.39 is 0 Å². The summed E-state index contributed by atoms with van der Waals surface area (Å²) in [6, 6.07) is 10.1. The van der Waals surface area contributed by atoms with Crippen molar-refractivity contribution in [2.24, 2.45) is 0 Å². The van der Waals surface area contributed by atoms with Gasteiger partial charge in [0.2, 0.25) is 0 Å². The van der Waals surface area contributed by atoms with E-state index in [9.17, 15) is 0 Å². The minimum absolute atomic E-state index is 0.0551. The van der Waals surface area contributed by atoms with Gasteiger partial charge in [-0.25, -0.2) is 0 Å². The van der Waals surface area contributed by atoms with Crippen LogP contribution in [-0.2, 0) is 0 Å². The van der Waals surface area contributed by atoms with E-state index in [0.717, 1.165) is 22.6 Å². The van der Waals surface area contributed by atoms with Crippen LogP contribution in [0.2, 0.25) is 0 Å². The summed E-state index contributed by atoms with van der Waals surface area (Å²) >= 11 is 0. The number of aryl methyl sites for hydroxylation is 1. The van der Waals surface area contributed by atoms with E-state index in [4.69, 9.17) is 9.15 Å². The van der Waals surface area contributed by atoms with Gasteiger partial charge in [0.15, 0.2) is 0 Å². The molecule has 0 aliphatic carbocycles. The van der Waals surface area contributed by atoms with Gasteiger partial charge in [-0.1, -0.05) is 12.1 Å². The number of methoxy groups -OCH3 is 1. The maximum Gasteiger partial charge on any atom is 0.125 e. The Morgan fingerprint density at radius 2 is 2.12 bits per heavy atom. The van der Waals surface area contributed by atoms with Gasteiger partial charge in [-0.05, 0) is 43.3 Å². The summed E-state index contributed by atoms with van der Waals surface area (Å²) in [7, 11) is 3.60. The number of hydrogen-bond acceptors (Lipinski definition) is 3. The first-order chi connectivity index (χ1) is 8.26. The Labute approximate surface area is 101 Å². The van der Waals surface area contributed by atoms with Gasteiger partial charge in [0.05, 0.1) is 19.4 Å². The third-order valence-corrected chi connectivity index (χ3v) is 2.88. The van der Waals surface area contributed by atoms with E-state index in [0.29, 0.717) is 0 Å². The summed E-state index contributed by atoms with van der Waals surface area (Å²) < 4.78 is 10.8. The molecule has 1 unspecified atom stereocenters. The predicted octanol–water partition coefficient (Wildman–Crippen LogP) is 2.91. The van der Waals surface area contributed by atoms with E-state index in [1.165, 1.54) is 0 Å². The van der Waals surface area contributed by atoms with Gasteiger partial charge in [0, 0.05) is 0 Å². The fourth-order valence-corrected chi connectivity index (χ4v) is 1.94. The number of benzene rings is 1. The van der Waals surface area contributed by atoms with Gasteiger partial charge in [-0.3, -0.25) is 0 Å². The molecule has 0 aliphatic rings. The molecule has 1 N–H and O–H groups in total. The van der Waals surface area contributed by atoms with Crippen LogP contribution < -0.4 is 10.1 Å². The number of hydrogen-bond donors (Lipinski definition) is 1. The third-order valence-electron chi connectivity index (χ3n) is 2.88. The monoisotopic (exact) mass is 231 g/mol. The highest BCUT2D eigenvalue weighted by molar-refractivity contribution is 5.39. The van der Waals surface area contributed by atoms with E-state index in [1.807, 2.05) is 32.2 Å². The van der Waals surface area contributed by atoms with Gasteiger partial charge in [-0.2, -0.15) is 0 Å². The minimum Gasteiger partial charge on any atom is -0.496 e. The number of nitrogens with one attached hydrogen (secondary N) is 1. The predicted molar refractivity (Wildman–Crippen MR) is 67.3 cm³/mol. The van der Waals surface area contributed by atoms with Crippen LogP contribution >= 0.6 is 0 Å². The molecule has 0 bridgehead atoms. The van der Waals surface area contributed by atoms with Crippen LogP contribution in [0.5, 0.6) is 5.75 Å². The number of ether oxygens (including phenoxy) is 1. The topological polar surface area (TPSA) is 34.4 Å². The van der Waals surface area contributed by atoms with Crippen molar-refractivity contribution in [2.75, 3.05) is 14.2 Å². The van der Waals surface area contributed by atoms with Crippen LogP contribution in [0.25, 0.3) is 0 Å². The Bertz CT molecular complexity index is 477. The summed E-state index contributed by atoms with van der Waals surface area (Å²) in [4.78, 5) is 0. The summed E-state index contributed by atoms with van der Waals surface area (Å²) in [6.45, 7) is 2.03. The molecule has 3 heteroatoms. The smallest absolute Gasteiger partial charge is 0.125 e. The largest absolute Gasteiger partial charge is 0.496 e.